The van der Waals surface area contributed by atoms with Crippen molar-refractivity contribution in [2.45, 2.75) is 25.4 Å². The molecule has 6 nitrogen and oxygen atoms in total. The summed E-state index contributed by atoms with van der Waals surface area (Å²) >= 11 is 0. The molecule has 1 aromatic carbocycles. The van der Waals surface area contributed by atoms with Crippen LogP contribution >= 0.6 is 0 Å². The second-order valence-corrected chi connectivity index (χ2v) is 4.78. The number of aromatic hydroxyl groups is 1. The van der Waals surface area contributed by atoms with Crippen LogP contribution in [-0.2, 0) is 11.3 Å². The van der Waals surface area contributed by atoms with E-state index in [1.54, 1.807) is 6.07 Å². The Labute approximate surface area is 110 Å². The molecule has 1 saturated carbocycles. The quantitative estimate of drug-likeness (QED) is 0.721. The van der Waals surface area contributed by atoms with Crippen molar-refractivity contribution in [2.75, 3.05) is 13.3 Å². The van der Waals surface area contributed by atoms with E-state index in [0.29, 0.717) is 29.6 Å². The molecule has 0 spiro atoms. The predicted molar refractivity (Wildman–Crippen MR) is 67.1 cm³/mol. The number of phenolic OH excluding ortho intramolecular Hbond substituents is 1. The smallest absolute Gasteiger partial charge is 0.234 e. The normalized spacial score (nSPS) is 16.4. The fourth-order valence-corrected chi connectivity index (χ4v) is 1.93. The molecule has 2 aliphatic rings. The monoisotopic (exact) mass is 264 g/mol. The first kappa shape index (κ1) is 12.1. The van der Waals surface area contributed by atoms with Gasteiger partial charge in [0.15, 0.2) is 11.5 Å². The number of ether oxygens (including phenoxy) is 2. The van der Waals surface area contributed by atoms with E-state index < -0.39 is 0 Å². The summed E-state index contributed by atoms with van der Waals surface area (Å²) in [4.78, 5) is 11.5. The Morgan fingerprint density at radius 1 is 1.32 bits per heavy atom. The third-order valence-electron chi connectivity index (χ3n) is 3.12. The lowest BCUT2D eigenvalue weighted by molar-refractivity contribution is -0.120. The zero-order chi connectivity index (χ0) is 13.2. The van der Waals surface area contributed by atoms with Gasteiger partial charge in [0.25, 0.3) is 0 Å². The van der Waals surface area contributed by atoms with Crippen molar-refractivity contribution in [2.24, 2.45) is 0 Å². The van der Waals surface area contributed by atoms with E-state index in [1.807, 2.05) is 0 Å². The molecule has 1 heterocycles. The van der Waals surface area contributed by atoms with E-state index in [9.17, 15) is 9.90 Å². The number of carbonyl (C=O) groups excluding carboxylic acids is 1. The molecule has 1 fully saturated rings. The molecule has 0 radical (unpaired) electrons. The number of phenols is 1. The Morgan fingerprint density at radius 3 is 2.79 bits per heavy atom. The molecule has 102 valence electrons. The number of carbonyl (C=O) groups is 1. The van der Waals surface area contributed by atoms with E-state index in [-0.39, 0.29) is 25.0 Å². The van der Waals surface area contributed by atoms with Gasteiger partial charge in [-0.1, -0.05) is 0 Å². The SMILES string of the molecule is O=C(CNCc1cc2c(cc1O)OCO2)NC1CC1. The first-order valence-corrected chi connectivity index (χ1v) is 6.34. The minimum atomic E-state index is -0.0114. The van der Waals surface area contributed by atoms with Crippen LogP contribution < -0.4 is 20.1 Å². The van der Waals surface area contributed by atoms with E-state index in [1.165, 1.54) is 6.07 Å². The van der Waals surface area contributed by atoms with Crippen molar-refractivity contribution in [3.8, 4) is 17.2 Å². The molecule has 0 bridgehead atoms. The lowest BCUT2D eigenvalue weighted by Gasteiger charge is -2.08. The highest BCUT2D eigenvalue weighted by Crippen LogP contribution is 2.37. The number of benzene rings is 1. The molecular formula is C13H16N2O4. The molecule has 1 aliphatic carbocycles. The lowest BCUT2D eigenvalue weighted by Crippen LogP contribution is -2.34. The molecule has 3 rings (SSSR count). The number of nitrogens with one attached hydrogen (secondary N) is 2. The van der Waals surface area contributed by atoms with Crippen molar-refractivity contribution < 1.29 is 19.4 Å². The molecule has 1 aliphatic heterocycles. The zero-order valence-corrected chi connectivity index (χ0v) is 10.4. The summed E-state index contributed by atoms with van der Waals surface area (Å²) in [5.74, 6) is 1.30. The van der Waals surface area contributed by atoms with Crippen molar-refractivity contribution >= 4 is 5.91 Å². The molecule has 0 saturated heterocycles. The van der Waals surface area contributed by atoms with Crippen LogP contribution in [0.5, 0.6) is 17.2 Å². The average molecular weight is 264 g/mol. The Morgan fingerprint density at radius 2 is 2.05 bits per heavy atom. The van der Waals surface area contributed by atoms with Gasteiger partial charge >= 0.3 is 0 Å². The standard InChI is InChI=1S/C13H16N2O4/c16-10-4-12-11(18-7-19-12)3-8(10)5-14-6-13(17)15-9-1-2-9/h3-4,9,14,16H,1-2,5-7H2,(H,15,17). The summed E-state index contributed by atoms with van der Waals surface area (Å²) in [6.45, 7) is 0.820. The van der Waals surface area contributed by atoms with Gasteiger partial charge in [-0.3, -0.25) is 4.79 Å². The van der Waals surface area contributed by atoms with Gasteiger partial charge < -0.3 is 25.2 Å². The highest BCUT2D eigenvalue weighted by Gasteiger charge is 2.23. The summed E-state index contributed by atoms with van der Waals surface area (Å²) in [5, 5.41) is 15.7. The van der Waals surface area contributed by atoms with Crippen LogP contribution in [0.15, 0.2) is 12.1 Å². The molecule has 1 aromatic rings. The maximum absolute atomic E-state index is 11.5. The van der Waals surface area contributed by atoms with Gasteiger partial charge in [0.05, 0.1) is 6.54 Å². The van der Waals surface area contributed by atoms with E-state index in [2.05, 4.69) is 10.6 Å². The fraction of sp³-hybridized carbons (Fsp3) is 0.462. The molecule has 3 N–H and O–H groups in total. The highest BCUT2D eigenvalue weighted by molar-refractivity contribution is 5.78. The van der Waals surface area contributed by atoms with E-state index in [0.717, 1.165) is 12.8 Å². The highest BCUT2D eigenvalue weighted by atomic mass is 16.7. The first-order valence-electron chi connectivity index (χ1n) is 6.34. The first-order chi connectivity index (χ1) is 9.22. The van der Waals surface area contributed by atoms with E-state index >= 15 is 0 Å². The van der Waals surface area contributed by atoms with Crippen LogP contribution in [0.2, 0.25) is 0 Å². The van der Waals surface area contributed by atoms with Crippen molar-refractivity contribution in [1.82, 2.24) is 10.6 Å². The third kappa shape index (κ3) is 2.90. The molecule has 0 atom stereocenters. The summed E-state index contributed by atoms with van der Waals surface area (Å²) in [6, 6.07) is 3.63. The van der Waals surface area contributed by atoms with Gasteiger partial charge in [0.2, 0.25) is 12.7 Å². The molecule has 6 heteroatoms. The Hall–Kier alpha value is -1.95. The average Bonchev–Trinajstić information content (AvgIpc) is 3.06. The number of hydrogen-bond donors (Lipinski definition) is 3. The predicted octanol–water partition coefficient (Wildman–Crippen LogP) is 0.489. The fourth-order valence-electron chi connectivity index (χ4n) is 1.93. The van der Waals surface area contributed by atoms with E-state index in [4.69, 9.17) is 9.47 Å². The molecular weight excluding hydrogens is 248 g/mol. The summed E-state index contributed by atoms with van der Waals surface area (Å²) in [7, 11) is 0. The van der Waals surface area contributed by atoms with Crippen molar-refractivity contribution in [1.29, 1.82) is 0 Å². The lowest BCUT2D eigenvalue weighted by atomic mass is 10.1. The van der Waals surface area contributed by atoms with Crippen LogP contribution in [0.3, 0.4) is 0 Å². The summed E-state index contributed by atoms with van der Waals surface area (Å²) < 4.78 is 10.4. The van der Waals surface area contributed by atoms with Gasteiger partial charge in [-0.05, 0) is 18.9 Å². The summed E-state index contributed by atoms with van der Waals surface area (Å²) in [5.41, 5.74) is 0.684. The topological polar surface area (TPSA) is 79.8 Å². The van der Waals surface area contributed by atoms with Crippen LogP contribution in [0, 0.1) is 0 Å². The molecule has 1 amide bonds. The molecule has 0 aromatic heterocycles. The number of hydrogen-bond acceptors (Lipinski definition) is 5. The minimum absolute atomic E-state index is 0.0114. The minimum Gasteiger partial charge on any atom is -0.507 e. The Balaban J connectivity index is 1.53. The van der Waals surface area contributed by atoms with Crippen LogP contribution in [-0.4, -0.2) is 30.4 Å². The van der Waals surface area contributed by atoms with Crippen LogP contribution in [0.25, 0.3) is 0 Å². The maximum atomic E-state index is 11.5. The zero-order valence-electron chi connectivity index (χ0n) is 10.4. The number of rotatable bonds is 5. The molecule has 19 heavy (non-hydrogen) atoms. The summed E-state index contributed by atoms with van der Waals surface area (Å²) in [6.07, 6.45) is 2.16. The number of fused-ring (bicyclic) bond motifs is 1. The van der Waals surface area contributed by atoms with Gasteiger partial charge in [-0.2, -0.15) is 0 Å². The van der Waals surface area contributed by atoms with Crippen LogP contribution in [0.1, 0.15) is 18.4 Å². The Bertz CT molecular complexity index is 500. The Kier molecular flexibility index (Phi) is 3.16. The second kappa shape index (κ2) is 4.97. The van der Waals surface area contributed by atoms with Crippen molar-refractivity contribution in [3.63, 3.8) is 0 Å². The van der Waals surface area contributed by atoms with Crippen molar-refractivity contribution in [3.05, 3.63) is 17.7 Å². The maximum Gasteiger partial charge on any atom is 0.234 e. The van der Waals surface area contributed by atoms with Gasteiger partial charge in [0.1, 0.15) is 5.75 Å². The van der Waals surface area contributed by atoms with Gasteiger partial charge in [0, 0.05) is 24.2 Å². The van der Waals surface area contributed by atoms with Gasteiger partial charge in [-0.25, -0.2) is 0 Å². The third-order valence-corrected chi connectivity index (χ3v) is 3.12. The second-order valence-electron chi connectivity index (χ2n) is 4.78. The van der Waals surface area contributed by atoms with Gasteiger partial charge in [-0.15, -0.1) is 0 Å². The molecule has 0 unspecified atom stereocenters. The van der Waals surface area contributed by atoms with Crippen LogP contribution in [0.4, 0.5) is 0 Å². The largest absolute Gasteiger partial charge is 0.507 e. The number of amides is 1.